The lowest BCUT2D eigenvalue weighted by Gasteiger charge is -2.67. The van der Waals surface area contributed by atoms with Crippen LogP contribution in [0.15, 0.2) is 126 Å². The van der Waals surface area contributed by atoms with Crippen LogP contribution in [0.5, 0.6) is 0 Å². The van der Waals surface area contributed by atoms with Crippen molar-refractivity contribution in [3.63, 3.8) is 0 Å². The first-order chi connectivity index (χ1) is 53.1. The number of hydrogen-bond acceptors (Lipinski definition) is 24. The van der Waals surface area contributed by atoms with Gasteiger partial charge >= 0.3 is 42.1 Å². The Bertz CT molecular complexity index is 4340. The largest absolute Gasteiger partial charge is 0.455 e. The number of amides is 8. The third-order valence-electron chi connectivity index (χ3n) is 21.3. The van der Waals surface area contributed by atoms with Gasteiger partial charge in [-0.3, -0.25) is 42.9 Å². The number of carbonyl (C=O) groups excluding carboxylic acids is 13. The van der Waals surface area contributed by atoms with Crippen LogP contribution >= 0.6 is 0 Å². The molecule has 1 heterocycles. The molecule has 612 valence electrons. The van der Waals surface area contributed by atoms with Crippen LogP contribution in [0.3, 0.4) is 0 Å². The number of ether oxygens (including phenoxy) is 7. The Kier molecular flexibility index (Phi) is 29.0. The molecule has 3 fully saturated rings. The summed E-state index contributed by atoms with van der Waals surface area (Å²) in [6.45, 7) is 11.8. The van der Waals surface area contributed by atoms with Crippen LogP contribution < -0.4 is 32.3 Å². The molecule has 2 bridgehead atoms. The lowest BCUT2D eigenvalue weighted by atomic mass is 9.44. The fraction of sp³-hybridized carbons (Fsp3) is 0.506. The van der Waals surface area contributed by atoms with E-state index in [0.29, 0.717) is 5.56 Å². The molecule has 10 N–H and O–H groups in total. The van der Waals surface area contributed by atoms with Crippen molar-refractivity contribution in [3.05, 3.63) is 149 Å². The Balaban J connectivity index is 1.08. The van der Waals surface area contributed by atoms with Gasteiger partial charge in [-0.25, -0.2) is 24.0 Å². The van der Waals surface area contributed by atoms with E-state index in [9.17, 15) is 71.1 Å². The van der Waals surface area contributed by atoms with Crippen molar-refractivity contribution in [1.82, 2.24) is 31.1 Å². The molecule has 4 aromatic rings. The van der Waals surface area contributed by atoms with Crippen LogP contribution in [0.2, 0.25) is 0 Å². The van der Waals surface area contributed by atoms with Gasteiger partial charge in [-0.1, -0.05) is 120 Å². The third-order valence-corrected chi connectivity index (χ3v) is 22.0. The first-order valence-electron chi connectivity index (χ1n) is 37.0. The fourth-order valence-electron chi connectivity index (χ4n) is 14.9. The Morgan fingerprint density at radius 1 is 0.743 bits per heavy atom. The first-order valence-corrected chi connectivity index (χ1v) is 38.6. The van der Waals surface area contributed by atoms with Gasteiger partial charge < -0.3 is 85.5 Å². The normalized spacial score (nSPS) is 23.2. The number of rotatable bonds is 33. The number of fused-ring (bicyclic) bond motifs is 5. The maximum atomic E-state index is 16.0. The van der Waals surface area contributed by atoms with E-state index < -0.39 is 209 Å². The summed E-state index contributed by atoms with van der Waals surface area (Å²) in [5.41, 5.74) is -3.04. The number of nitrogens with two attached hydrogens (primary N) is 1. The molecule has 33 nitrogen and oxygen atoms in total. The summed E-state index contributed by atoms with van der Waals surface area (Å²) in [6, 6.07) is 23.8. The highest BCUT2D eigenvalue weighted by Gasteiger charge is 2.78. The van der Waals surface area contributed by atoms with Gasteiger partial charge in [-0.2, -0.15) is 8.42 Å². The van der Waals surface area contributed by atoms with Gasteiger partial charge in [0.1, 0.15) is 54.4 Å². The van der Waals surface area contributed by atoms with Crippen LogP contribution in [-0.2, 0) is 88.2 Å². The van der Waals surface area contributed by atoms with E-state index in [1.165, 1.54) is 120 Å². The molecule has 0 aromatic heterocycles. The van der Waals surface area contributed by atoms with Crippen molar-refractivity contribution in [2.45, 2.75) is 180 Å². The number of nitrogens with one attached hydrogen (secondary N) is 5. The monoisotopic (exact) mass is 1590 g/mol. The number of benzene rings is 4. The second-order valence-electron chi connectivity index (χ2n) is 30.1. The number of ketones is 2. The van der Waals surface area contributed by atoms with Gasteiger partial charge in [0.05, 0.1) is 35.4 Å². The van der Waals surface area contributed by atoms with E-state index in [1.807, 2.05) is 0 Å². The average molecular weight is 1590 g/mol. The second kappa shape index (κ2) is 37.3. The number of aliphatic hydroxyl groups excluding tert-OH is 1. The molecule has 13 atom stereocenters. The van der Waals surface area contributed by atoms with Crippen molar-refractivity contribution in [2.75, 3.05) is 50.9 Å². The molecule has 34 heteroatoms. The van der Waals surface area contributed by atoms with E-state index in [4.69, 9.17) is 38.9 Å². The Hall–Kier alpha value is -10.7. The summed E-state index contributed by atoms with van der Waals surface area (Å²) in [5, 5.41) is 39.9. The smallest absolute Gasteiger partial charge is 0.410 e. The number of likely N-dealkylation sites (N-methyl/N-ethyl adjacent to an activating group) is 1. The number of urea groups is 1. The van der Waals surface area contributed by atoms with Crippen LogP contribution in [0.25, 0.3) is 0 Å². The van der Waals surface area contributed by atoms with Gasteiger partial charge in [0.15, 0.2) is 17.5 Å². The number of hydrogen-bond donors (Lipinski definition) is 9. The summed E-state index contributed by atoms with van der Waals surface area (Å²) < 4.78 is 77.9. The molecule has 4 aromatic carbocycles. The maximum Gasteiger partial charge on any atom is 0.410 e. The topological polar surface area (TPSA) is 474 Å². The van der Waals surface area contributed by atoms with Crippen LogP contribution in [0.1, 0.15) is 146 Å². The highest BCUT2D eigenvalue weighted by molar-refractivity contribution is 7.85. The van der Waals surface area contributed by atoms with E-state index in [-0.39, 0.29) is 90.5 Å². The number of Topliss-reactive ketones (excluding diaryl/α,β-unsaturated/α-hetero) is 2. The van der Waals surface area contributed by atoms with Crippen LogP contribution in [0, 0.1) is 28.6 Å². The molecule has 8 amide bonds. The second-order valence-corrected chi connectivity index (χ2v) is 31.6. The standard InChI is InChI=1S/C79H100N8O25S/c1-44(2)55(90)33-34-59(92)84-61(45(3)4)70(96)83-54(28-21-35-81-73(80)99)69(95)82-53-31-29-49(30-32-53)42-106-74(100)86(11)36-37-87(38-39-113(103,104)105)75(101)110-64(62(50-22-15-12-16-23-50)85-68(94)51-24-17-13-18-25-51)72(98)109-56-41-79(102)67(111-71(97)52-26-19-14-20-27-52)65-77(10,57(91)40-58-78(65,43-107-58)112-48(7)89)66(93)63(108-47(6)88)60(46(56)5)76(79,8)9/h12-20,22-27,29-32,44-45,54,56-58,61-65,67,91,102H,21,28,33-43H2,1-11H3,(H,82,95)(H,83,96)(H,84,92)(H,85,94)(H3,80,81,99)(H,103,104,105)/t54-,56-,57-,58+,61-,62-,63+,64+,65-,67-,77+,78-,79+/m0/s1. The highest BCUT2D eigenvalue weighted by atomic mass is 32.2. The lowest BCUT2D eigenvalue weighted by molar-refractivity contribution is -0.346. The number of carbonyl (C=O) groups is 13. The number of primary amides is 1. The molecule has 0 unspecified atom stereocenters. The average Bonchev–Trinajstić information content (AvgIpc) is 0.668. The molecular formula is C79H100N8O25S. The van der Waals surface area contributed by atoms with Crippen LogP contribution in [-0.4, -0.2) is 216 Å². The Morgan fingerprint density at radius 3 is 1.93 bits per heavy atom. The summed E-state index contributed by atoms with van der Waals surface area (Å²) in [7, 11) is -3.64. The number of anilines is 1. The molecule has 1 saturated heterocycles. The van der Waals surface area contributed by atoms with Gasteiger partial charge in [0, 0.05) is 95.3 Å². The Morgan fingerprint density at radius 2 is 1.36 bits per heavy atom. The summed E-state index contributed by atoms with van der Waals surface area (Å²) in [6.07, 6.45) is -14.8. The van der Waals surface area contributed by atoms with E-state index in [2.05, 4.69) is 26.6 Å². The van der Waals surface area contributed by atoms with Crippen molar-refractivity contribution in [1.29, 1.82) is 0 Å². The summed E-state index contributed by atoms with van der Waals surface area (Å²) in [5.74, 6) is -12.0. The number of esters is 4. The minimum atomic E-state index is -4.91. The maximum absolute atomic E-state index is 16.0. The van der Waals surface area contributed by atoms with Crippen molar-refractivity contribution in [2.24, 2.45) is 34.3 Å². The van der Waals surface area contributed by atoms with Crippen molar-refractivity contribution < 1.29 is 119 Å². The summed E-state index contributed by atoms with van der Waals surface area (Å²) >= 11 is 0. The number of nitrogens with zero attached hydrogens (tertiary/aromatic N) is 2. The predicted octanol–water partition coefficient (Wildman–Crippen LogP) is 5.36. The van der Waals surface area contributed by atoms with E-state index in [1.54, 1.807) is 58.0 Å². The SMILES string of the molecule is CC(=O)O[C@H]1C(=O)[C@@]2(C)[C@H]([C@H](OC(=O)c3ccccc3)[C@]3(O)C[C@H](OC(=O)[C@H](OC(=O)N(CCN(C)C(=O)OCc4ccc(NC(=O)[C@H](CCCNC(N)=O)NC(=O)[C@@H](NC(=O)CCC(=O)C(C)C)C(C)C)cc4)CCS(=O)(=O)O)[C@@H](NC(=O)c4ccccc4)c4ccccc4)C(C)=C1C3(C)C)[C@]1(OC(C)=O)CO[C@@H]1C[C@@H]2O. The van der Waals surface area contributed by atoms with Gasteiger partial charge in [0.2, 0.25) is 23.8 Å². The minimum absolute atomic E-state index is 0.00762. The molecule has 4 aliphatic rings. The zero-order valence-corrected chi connectivity index (χ0v) is 65.6. The molecule has 2 saturated carbocycles. The third kappa shape index (κ3) is 21.0. The molecule has 113 heavy (non-hydrogen) atoms. The molecule has 0 radical (unpaired) electrons. The number of aliphatic hydroxyl groups is 2. The zero-order chi connectivity index (χ0) is 83.2. The van der Waals surface area contributed by atoms with Gasteiger partial charge in [0.25, 0.3) is 16.0 Å². The van der Waals surface area contributed by atoms with Crippen molar-refractivity contribution >= 4 is 93.1 Å². The lowest BCUT2D eigenvalue weighted by Crippen LogP contribution is -2.82. The molecule has 8 rings (SSSR count). The highest BCUT2D eigenvalue weighted by Crippen LogP contribution is 2.64. The zero-order valence-electron chi connectivity index (χ0n) is 64.8. The van der Waals surface area contributed by atoms with E-state index in [0.717, 1.165) is 23.6 Å². The molecule has 3 aliphatic carbocycles. The molecule has 0 spiro atoms. The first kappa shape index (κ1) is 87.9. The molecule has 1 aliphatic heterocycles. The predicted molar refractivity (Wildman–Crippen MR) is 402 cm³/mol. The van der Waals surface area contributed by atoms with Gasteiger partial charge in [-0.15, -0.1) is 0 Å². The molecular weight excluding hydrogens is 1490 g/mol. The summed E-state index contributed by atoms with van der Waals surface area (Å²) in [4.78, 5) is 183. The van der Waals surface area contributed by atoms with Gasteiger partial charge in [-0.05, 0) is 91.3 Å². The van der Waals surface area contributed by atoms with Crippen LogP contribution in [0.4, 0.5) is 20.1 Å². The quantitative estimate of drug-likeness (QED) is 0.00953. The Labute approximate surface area is 654 Å². The van der Waals surface area contributed by atoms with Crippen molar-refractivity contribution in [3.8, 4) is 0 Å². The fourth-order valence-corrected chi connectivity index (χ4v) is 15.3. The minimum Gasteiger partial charge on any atom is -0.455 e. The van der Waals surface area contributed by atoms with E-state index >= 15 is 14.4 Å².